The number of sulfonamides is 1. The largest absolute Gasteiger partial charge is 0.462 e. The van der Waals surface area contributed by atoms with Crippen LogP contribution in [0.4, 0.5) is 5.69 Å². The second-order valence-corrected chi connectivity index (χ2v) is 11.4. The Morgan fingerprint density at radius 2 is 1.66 bits per heavy atom. The van der Waals surface area contributed by atoms with Crippen LogP contribution in [0.1, 0.15) is 40.9 Å². The number of esters is 1. The van der Waals surface area contributed by atoms with Crippen LogP contribution in [0, 0.1) is 5.92 Å². The van der Waals surface area contributed by atoms with Crippen molar-refractivity contribution in [3.8, 4) is 0 Å². The molecule has 0 aliphatic rings. The van der Waals surface area contributed by atoms with E-state index in [1.165, 1.54) is 17.0 Å². The molecular formula is C33H34N4O6S. The first kappa shape index (κ1) is 31.9. The van der Waals surface area contributed by atoms with Crippen LogP contribution in [-0.2, 0) is 37.3 Å². The van der Waals surface area contributed by atoms with Crippen LogP contribution >= 0.6 is 0 Å². The fourth-order valence-electron chi connectivity index (χ4n) is 4.54. The highest BCUT2D eigenvalue weighted by Gasteiger charge is 2.33. The van der Waals surface area contributed by atoms with E-state index < -0.39 is 33.7 Å². The molecule has 1 heterocycles. The Labute approximate surface area is 257 Å². The summed E-state index contributed by atoms with van der Waals surface area (Å²) < 4.78 is 34.6. The number of ether oxygens (including phenoxy) is 1. The van der Waals surface area contributed by atoms with Gasteiger partial charge in [0.1, 0.15) is 5.92 Å². The normalized spacial score (nSPS) is 12.0. The number of nitrogens with one attached hydrogen (secondary N) is 1. The SMILES string of the molecule is CCOC(=O)c1cccc(N(CC)C(=O)C(Cc2cnn(Cc3ccccc3)c2)C(=O)NS(=O)(=O)/C=C/c2ccccc2)c1. The number of rotatable bonds is 13. The van der Waals surface area contributed by atoms with E-state index in [1.54, 1.807) is 79.5 Å². The molecule has 4 rings (SSSR count). The summed E-state index contributed by atoms with van der Waals surface area (Å²) in [5, 5.41) is 5.26. The minimum atomic E-state index is -4.24. The van der Waals surface area contributed by atoms with Gasteiger partial charge in [-0.05, 0) is 61.2 Å². The van der Waals surface area contributed by atoms with E-state index in [1.807, 2.05) is 35.1 Å². The number of carbonyl (C=O) groups is 3. The summed E-state index contributed by atoms with van der Waals surface area (Å²) in [7, 11) is -4.24. The Balaban J connectivity index is 1.61. The van der Waals surface area contributed by atoms with Crippen molar-refractivity contribution in [3.63, 3.8) is 0 Å². The van der Waals surface area contributed by atoms with Crippen molar-refractivity contribution in [2.75, 3.05) is 18.1 Å². The molecule has 1 aromatic heterocycles. The zero-order chi connectivity index (χ0) is 31.5. The molecule has 228 valence electrons. The van der Waals surface area contributed by atoms with Crippen LogP contribution in [0.25, 0.3) is 6.08 Å². The molecule has 0 saturated heterocycles. The van der Waals surface area contributed by atoms with Crippen molar-refractivity contribution in [1.29, 1.82) is 0 Å². The number of carbonyl (C=O) groups excluding carboxylic acids is 3. The van der Waals surface area contributed by atoms with Gasteiger partial charge in [-0.25, -0.2) is 17.9 Å². The molecule has 1 N–H and O–H groups in total. The van der Waals surface area contributed by atoms with Crippen molar-refractivity contribution in [2.24, 2.45) is 5.92 Å². The minimum absolute atomic E-state index is 0.106. The second-order valence-electron chi connectivity index (χ2n) is 9.87. The van der Waals surface area contributed by atoms with E-state index in [9.17, 15) is 22.8 Å². The molecule has 0 radical (unpaired) electrons. The zero-order valence-corrected chi connectivity index (χ0v) is 25.3. The number of benzene rings is 3. The van der Waals surface area contributed by atoms with Gasteiger partial charge in [-0.2, -0.15) is 5.10 Å². The maximum atomic E-state index is 14.0. The zero-order valence-electron chi connectivity index (χ0n) is 24.5. The number of anilines is 1. The summed E-state index contributed by atoms with van der Waals surface area (Å²) in [5.74, 6) is -3.59. The van der Waals surface area contributed by atoms with Crippen LogP contribution in [0.3, 0.4) is 0 Å². The van der Waals surface area contributed by atoms with Gasteiger partial charge in [0, 0.05) is 18.4 Å². The molecule has 0 aliphatic heterocycles. The Morgan fingerprint density at radius 3 is 2.34 bits per heavy atom. The minimum Gasteiger partial charge on any atom is -0.462 e. The first-order valence-corrected chi connectivity index (χ1v) is 15.7. The summed E-state index contributed by atoms with van der Waals surface area (Å²) in [6.45, 7) is 4.24. The number of hydrogen-bond acceptors (Lipinski definition) is 7. The number of nitrogens with zero attached hydrogens (tertiary/aromatic N) is 3. The van der Waals surface area contributed by atoms with E-state index >= 15 is 0 Å². The summed E-state index contributed by atoms with van der Waals surface area (Å²) >= 11 is 0. The van der Waals surface area contributed by atoms with Crippen LogP contribution in [0.15, 0.2) is 103 Å². The van der Waals surface area contributed by atoms with Crippen LogP contribution in [-0.4, -0.2) is 49.1 Å². The molecule has 10 nitrogen and oxygen atoms in total. The number of aromatic nitrogens is 2. The van der Waals surface area contributed by atoms with Crippen molar-refractivity contribution in [3.05, 3.63) is 125 Å². The Morgan fingerprint density at radius 1 is 0.955 bits per heavy atom. The van der Waals surface area contributed by atoms with Gasteiger partial charge in [-0.15, -0.1) is 0 Å². The van der Waals surface area contributed by atoms with E-state index in [2.05, 4.69) is 5.10 Å². The van der Waals surface area contributed by atoms with Crippen molar-refractivity contribution in [1.82, 2.24) is 14.5 Å². The Hall–Kier alpha value is -5.03. The van der Waals surface area contributed by atoms with Gasteiger partial charge in [0.2, 0.25) is 11.8 Å². The molecule has 2 amide bonds. The van der Waals surface area contributed by atoms with Gasteiger partial charge < -0.3 is 9.64 Å². The highest BCUT2D eigenvalue weighted by molar-refractivity contribution is 7.93. The maximum absolute atomic E-state index is 14.0. The van der Waals surface area contributed by atoms with Gasteiger partial charge in [0.15, 0.2) is 0 Å². The first-order valence-electron chi connectivity index (χ1n) is 14.1. The van der Waals surface area contributed by atoms with Crippen LogP contribution < -0.4 is 9.62 Å². The van der Waals surface area contributed by atoms with Crippen LogP contribution in [0.2, 0.25) is 0 Å². The lowest BCUT2D eigenvalue weighted by atomic mass is 9.98. The van der Waals surface area contributed by atoms with E-state index in [4.69, 9.17) is 4.74 Å². The summed E-state index contributed by atoms with van der Waals surface area (Å²) in [6.07, 6.45) is 4.53. The van der Waals surface area contributed by atoms with Gasteiger partial charge in [-0.1, -0.05) is 66.7 Å². The van der Waals surface area contributed by atoms with E-state index in [-0.39, 0.29) is 25.1 Å². The van der Waals surface area contributed by atoms with Gasteiger partial charge in [-0.3, -0.25) is 14.3 Å². The molecule has 44 heavy (non-hydrogen) atoms. The van der Waals surface area contributed by atoms with E-state index in [0.29, 0.717) is 23.4 Å². The predicted molar refractivity (Wildman–Crippen MR) is 168 cm³/mol. The lowest BCUT2D eigenvalue weighted by Gasteiger charge is -2.26. The van der Waals surface area contributed by atoms with Crippen molar-refractivity contribution in [2.45, 2.75) is 26.8 Å². The molecule has 1 atom stereocenters. The standard InChI is InChI=1S/C33H34N4O6S/c1-3-37(29-17-11-16-28(21-29)33(40)43-4-2)32(39)30(20-27-22-34-36(24-27)23-26-14-9-6-10-15-26)31(38)35-44(41,42)19-18-25-12-7-5-8-13-25/h5-19,21-22,24,30H,3-4,20,23H2,1-2H3,(H,35,38)/b19-18+. The van der Waals surface area contributed by atoms with Gasteiger partial charge in [0.25, 0.3) is 10.0 Å². The monoisotopic (exact) mass is 614 g/mol. The number of hydrogen-bond donors (Lipinski definition) is 1. The summed E-state index contributed by atoms with van der Waals surface area (Å²) in [5.41, 5.74) is 2.83. The predicted octanol–water partition coefficient (Wildman–Crippen LogP) is 4.44. The maximum Gasteiger partial charge on any atom is 0.338 e. The molecular weight excluding hydrogens is 580 g/mol. The lowest BCUT2D eigenvalue weighted by molar-refractivity contribution is -0.132. The van der Waals surface area contributed by atoms with Crippen molar-refractivity contribution < 1.29 is 27.5 Å². The quantitative estimate of drug-likeness (QED) is 0.174. The fraction of sp³-hybridized carbons (Fsp3) is 0.212. The highest BCUT2D eigenvalue weighted by atomic mass is 32.2. The fourth-order valence-corrected chi connectivity index (χ4v) is 5.37. The Bertz CT molecular complexity index is 1720. The summed E-state index contributed by atoms with van der Waals surface area (Å²) in [4.78, 5) is 41.2. The third-order valence-electron chi connectivity index (χ3n) is 6.66. The first-order chi connectivity index (χ1) is 21.2. The molecule has 3 aromatic carbocycles. The molecule has 1 unspecified atom stereocenters. The summed E-state index contributed by atoms with van der Waals surface area (Å²) in [6, 6.07) is 24.7. The van der Waals surface area contributed by atoms with Crippen LogP contribution in [0.5, 0.6) is 0 Å². The Kier molecular flexibility index (Phi) is 10.8. The van der Waals surface area contributed by atoms with Gasteiger partial charge in [0.05, 0.1) is 30.3 Å². The van der Waals surface area contributed by atoms with Gasteiger partial charge >= 0.3 is 5.97 Å². The molecule has 0 fully saturated rings. The van der Waals surface area contributed by atoms with E-state index in [0.717, 1.165) is 11.0 Å². The highest BCUT2D eigenvalue weighted by Crippen LogP contribution is 2.22. The third kappa shape index (κ3) is 8.74. The topological polar surface area (TPSA) is 128 Å². The molecule has 11 heteroatoms. The lowest BCUT2D eigenvalue weighted by Crippen LogP contribution is -2.46. The molecule has 4 aromatic rings. The second kappa shape index (κ2) is 14.9. The number of amides is 2. The average Bonchev–Trinajstić information content (AvgIpc) is 3.47. The molecule has 0 spiro atoms. The molecule has 0 bridgehead atoms. The molecule has 0 saturated carbocycles. The smallest absolute Gasteiger partial charge is 0.338 e. The third-order valence-corrected chi connectivity index (χ3v) is 7.64. The average molecular weight is 615 g/mol. The molecule has 0 aliphatic carbocycles. The van der Waals surface area contributed by atoms with Crippen molar-refractivity contribution >= 4 is 39.6 Å².